The molecule has 0 aromatic heterocycles. The van der Waals surface area contributed by atoms with Crippen molar-refractivity contribution in [2.24, 2.45) is 5.73 Å². The zero-order valence-corrected chi connectivity index (χ0v) is 10.4. The summed E-state index contributed by atoms with van der Waals surface area (Å²) in [6, 6.07) is 8.82. The molecule has 0 fully saturated rings. The number of carbonyl (C=O) groups is 1. The zero-order chi connectivity index (χ0) is 12.7. The molecule has 1 amide bonds. The lowest BCUT2D eigenvalue weighted by atomic mass is 10.1. The Kier molecular flexibility index (Phi) is 5.66. The van der Waals surface area contributed by atoms with E-state index in [0.717, 1.165) is 12.0 Å². The molecule has 0 radical (unpaired) electrons. The smallest absolute Gasteiger partial charge is 0.243 e. The highest BCUT2D eigenvalue weighted by Gasteiger charge is 2.18. The number of hydrogen-bond acceptors (Lipinski definition) is 3. The van der Waals surface area contributed by atoms with Crippen molar-refractivity contribution in [3.63, 3.8) is 0 Å². The molecule has 0 aliphatic rings. The van der Waals surface area contributed by atoms with E-state index in [1.54, 1.807) is 19.1 Å². The maximum Gasteiger partial charge on any atom is 0.243 e. The minimum absolute atomic E-state index is 0.0627. The second-order valence-corrected chi connectivity index (χ2v) is 3.99. The number of rotatable bonds is 6. The number of ether oxygens (including phenoxy) is 1. The molecule has 4 nitrogen and oxygen atoms in total. The summed E-state index contributed by atoms with van der Waals surface area (Å²) in [6.07, 6.45) is 0.820. The third-order valence-corrected chi connectivity index (χ3v) is 2.64. The van der Waals surface area contributed by atoms with Gasteiger partial charge in [0.05, 0.1) is 0 Å². The van der Waals surface area contributed by atoms with Gasteiger partial charge in [-0.1, -0.05) is 30.3 Å². The van der Waals surface area contributed by atoms with E-state index in [1.807, 2.05) is 30.3 Å². The summed E-state index contributed by atoms with van der Waals surface area (Å²) < 4.78 is 4.95. The molecule has 1 atom stereocenters. The monoisotopic (exact) mass is 236 g/mol. The topological polar surface area (TPSA) is 55.6 Å². The molecule has 1 rings (SSSR count). The largest absolute Gasteiger partial charge is 0.385 e. The molecule has 17 heavy (non-hydrogen) atoms. The first-order valence-electron chi connectivity index (χ1n) is 5.71. The van der Waals surface area contributed by atoms with E-state index < -0.39 is 6.04 Å². The van der Waals surface area contributed by atoms with Gasteiger partial charge in [0, 0.05) is 27.3 Å². The van der Waals surface area contributed by atoms with Crippen molar-refractivity contribution < 1.29 is 9.53 Å². The molecule has 0 bridgehead atoms. The number of nitrogens with two attached hydrogens (primary N) is 1. The molecule has 0 heterocycles. The Hall–Kier alpha value is -1.39. The summed E-state index contributed by atoms with van der Waals surface area (Å²) in [6.45, 7) is 1.31. The molecule has 1 aromatic carbocycles. The maximum absolute atomic E-state index is 12.0. The molecule has 4 heteroatoms. The molecular weight excluding hydrogens is 216 g/mol. The number of methoxy groups -OCH3 is 1. The summed E-state index contributed by atoms with van der Waals surface area (Å²) in [5.74, 6) is -0.0627. The van der Waals surface area contributed by atoms with Crippen LogP contribution < -0.4 is 5.73 Å². The lowest BCUT2D eigenvalue weighted by Crippen LogP contribution is -2.36. The Bertz CT molecular complexity index is 341. The van der Waals surface area contributed by atoms with Crippen LogP contribution in [-0.2, 0) is 9.53 Å². The lowest BCUT2D eigenvalue weighted by molar-refractivity contribution is -0.131. The summed E-state index contributed by atoms with van der Waals surface area (Å²) in [4.78, 5) is 13.6. The molecule has 1 aromatic rings. The predicted octanol–water partition coefficient (Wildman–Crippen LogP) is 1.18. The molecule has 94 valence electrons. The van der Waals surface area contributed by atoms with E-state index in [9.17, 15) is 4.79 Å². The number of likely N-dealkylation sites (N-methyl/N-ethyl adjacent to an activating group) is 1. The van der Waals surface area contributed by atoms with Gasteiger partial charge in [0.1, 0.15) is 6.04 Å². The Morgan fingerprint density at radius 3 is 2.65 bits per heavy atom. The third-order valence-electron chi connectivity index (χ3n) is 2.64. The normalized spacial score (nSPS) is 12.2. The van der Waals surface area contributed by atoms with Gasteiger partial charge in [0.15, 0.2) is 0 Å². The quantitative estimate of drug-likeness (QED) is 0.755. The van der Waals surface area contributed by atoms with E-state index in [4.69, 9.17) is 10.5 Å². The minimum atomic E-state index is -0.580. The summed E-state index contributed by atoms with van der Waals surface area (Å²) in [7, 11) is 3.41. The van der Waals surface area contributed by atoms with Gasteiger partial charge in [-0.3, -0.25) is 4.79 Å². The van der Waals surface area contributed by atoms with Crippen molar-refractivity contribution in [1.82, 2.24) is 4.90 Å². The number of hydrogen-bond donors (Lipinski definition) is 1. The SMILES string of the molecule is COCCCN(C)C(=O)[C@@H](N)c1ccccc1. The maximum atomic E-state index is 12.0. The molecule has 2 N–H and O–H groups in total. The second-order valence-electron chi connectivity index (χ2n) is 3.99. The third kappa shape index (κ3) is 4.17. The molecule has 0 saturated heterocycles. The minimum Gasteiger partial charge on any atom is -0.385 e. The summed E-state index contributed by atoms with van der Waals surface area (Å²) in [5, 5.41) is 0. The van der Waals surface area contributed by atoms with Crippen LogP contribution in [0.3, 0.4) is 0 Å². The van der Waals surface area contributed by atoms with Crippen LogP contribution in [0.1, 0.15) is 18.0 Å². The van der Waals surface area contributed by atoms with Crippen LogP contribution in [0.5, 0.6) is 0 Å². The van der Waals surface area contributed by atoms with Crippen molar-refractivity contribution in [2.45, 2.75) is 12.5 Å². The number of nitrogens with zero attached hydrogens (tertiary/aromatic N) is 1. The fourth-order valence-corrected chi connectivity index (χ4v) is 1.60. The fraction of sp³-hybridized carbons (Fsp3) is 0.462. The Morgan fingerprint density at radius 1 is 1.41 bits per heavy atom. The Morgan fingerprint density at radius 2 is 2.06 bits per heavy atom. The van der Waals surface area contributed by atoms with E-state index in [2.05, 4.69) is 0 Å². The lowest BCUT2D eigenvalue weighted by Gasteiger charge is -2.21. The fourth-order valence-electron chi connectivity index (χ4n) is 1.60. The summed E-state index contributed by atoms with van der Waals surface area (Å²) >= 11 is 0. The van der Waals surface area contributed by atoms with Gasteiger partial charge < -0.3 is 15.4 Å². The van der Waals surface area contributed by atoms with Crippen molar-refractivity contribution in [3.8, 4) is 0 Å². The molecule has 0 aliphatic carbocycles. The van der Waals surface area contributed by atoms with E-state index in [0.29, 0.717) is 13.2 Å². The highest BCUT2D eigenvalue weighted by molar-refractivity contribution is 5.82. The standard InChI is InChI=1S/C13H20N2O2/c1-15(9-6-10-17-2)13(16)12(14)11-7-4-3-5-8-11/h3-5,7-8,12H,6,9-10,14H2,1-2H3/t12-/m0/s1. The first kappa shape index (κ1) is 13.7. The zero-order valence-electron chi connectivity index (χ0n) is 10.4. The van der Waals surface area contributed by atoms with Crippen molar-refractivity contribution in [2.75, 3.05) is 27.3 Å². The Balaban J connectivity index is 2.51. The van der Waals surface area contributed by atoms with Gasteiger partial charge in [-0.05, 0) is 12.0 Å². The van der Waals surface area contributed by atoms with Crippen LogP contribution in [0, 0.1) is 0 Å². The Labute approximate surface area is 102 Å². The molecular formula is C13H20N2O2. The van der Waals surface area contributed by atoms with Gasteiger partial charge in [-0.25, -0.2) is 0 Å². The van der Waals surface area contributed by atoms with E-state index in [1.165, 1.54) is 0 Å². The van der Waals surface area contributed by atoms with Crippen LogP contribution in [0.15, 0.2) is 30.3 Å². The first-order valence-corrected chi connectivity index (χ1v) is 5.71. The first-order chi connectivity index (χ1) is 8.16. The van der Waals surface area contributed by atoms with Crippen LogP contribution in [-0.4, -0.2) is 38.1 Å². The van der Waals surface area contributed by atoms with Crippen LogP contribution in [0.25, 0.3) is 0 Å². The van der Waals surface area contributed by atoms with E-state index >= 15 is 0 Å². The van der Waals surface area contributed by atoms with Crippen molar-refractivity contribution in [3.05, 3.63) is 35.9 Å². The highest BCUT2D eigenvalue weighted by atomic mass is 16.5. The van der Waals surface area contributed by atoms with Crippen molar-refractivity contribution in [1.29, 1.82) is 0 Å². The predicted molar refractivity (Wildman–Crippen MR) is 67.5 cm³/mol. The number of carbonyl (C=O) groups excluding carboxylic acids is 1. The summed E-state index contributed by atoms with van der Waals surface area (Å²) in [5.41, 5.74) is 6.76. The average Bonchev–Trinajstić information content (AvgIpc) is 2.38. The number of amides is 1. The molecule has 0 spiro atoms. The highest BCUT2D eigenvalue weighted by Crippen LogP contribution is 2.12. The molecule has 0 unspecified atom stereocenters. The second kappa shape index (κ2) is 7.04. The van der Waals surface area contributed by atoms with Gasteiger partial charge in [-0.15, -0.1) is 0 Å². The van der Waals surface area contributed by atoms with Gasteiger partial charge in [-0.2, -0.15) is 0 Å². The van der Waals surface area contributed by atoms with Gasteiger partial charge >= 0.3 is 0 Å². The molecule has 0 saturated carbocycles. The number of benzene rings is 1. The van der Waals surface area contributed by atoms with Gasteiger partial charge in [0.25, 0.3) is 0 Å². The van der Waals surface area contributed by atoms with Crippen LogP contribution in [0.4, 0.5) is 0 Å². The van der Waals surface area contributed by atoms with Gasteiger partial charge in [0.2, 0.25) is 5.91 Å². The van der Waals surface area contributed by atoms with E-state index in [-0.39, 0.29) is 5.91 Å². The van der Waals surface area contributed by atoms with Crippen LogP contribution >= 0.6 is 0 Å². The van der Waals surface area contributed by atoms with Crippen molar-refractivity contribution >= 4 is 5.91 Å². The molecule has 0 aliphatic heterocycles. The average molecular weight is 236 g/mol. The van der Waals surface area contributed by atoms with Crippen LogP contribution in [0.2, 0.25) is 0 Å².